The number of benzene rings is 1. The predicted octanol–water partition coefficient (Wildman–Crippen LogP) is 2.95. The summed E-state index contributed by atoms with van der Waals surface area (Å²) in [4.78, 5) is 26.5. The van der Waals surface area contributed by atoms with E-state index in [2.05, 4.69) is 5.32 Å². The first-order valence-electron chi connectivity index (χ1n) is 8.51. The highest BCUT2D eigenvalue weighted by atomic mass is 35.5. The number of hydrogen-bond acceptors (Lipinski definition) is 5. The fourth-order valence-electron chi connectivity index (χ4n) is 2.97. The topological polar surface area (TPSA) is 67.9 Å². The van der Waals surface area contributed by atoms with Crippen molar-refractivity contribution in [2.24, 2.45) is 5.92 Å². The summed E-state index contributed by atoms with van der Waals surface area (Å²) in [5.41, 5.74) is 0.613. The normalized spacial score (nSPS) is 19.1. The van der Waals surface area contributed by atoms with E-state index >= 15 is 0 Å². The van der Waals surface area contributed by atoms with Gasteiger partial charge in [-0.1, -0.05) is 11.6 Å². The predicted molar refractivity (Wildman–Crippen MR) is 97.0 cm³/mol. The van der Waals surface area contributed by atoms with E-state index in [9.17, 15) is 9.59 Å². The van der Waals surface area contributed by atoms with Gasteiger partial charge in [0.2, 0.25) is 5.91 Å². The van der Waals surface area contributed by atoms with Crippen molar-refractivity contribution in [2.45, 2.75) is 32.7 Å². The maximum atomic E-state index is 12.5. The number of methoxy groups -OCH3 is 1. The number of rotatable bonds is 6. The number of hydrogen-bond donors (Lipinski definition) is 1. The first-order chi connectivity index (χ1) is 12.0. The number of nitrogens with one attached hydrogen (secondary N) is 1. The molecule has 0 aromatic heterocycles. The molecule has 1 fully saturated rings. The maximum Gasteiger partial charge on any atom is 0.310 e. The summed E-state index contributed by atoms with van der Waals surface area (Å²) in [6.45, 7) is 5.34. The quantitative estimate of drug-likeness (QED) is 0.782. The third-order valence-corrected chi connectivity index (χ3v) is 4.71. The Hall–Kier alpha value is -1.79. The molecule has 0 bridgehead atoms. The molecule has 1 aliphatic rings. The Balaban J connectivity index is 1.97. The molecule has 1 saturated heterocycles. The van der Waals surface area contributed by atoms with Gasteiger partial charge in [-0.3, -0.25) is 14.5 Å². The lowest BCUT2D eigenvalue weighted by atomic mass is 9.97. The molecule has 25 heavy (non-hydrogen) atoms. The largest absolute Gasteiger partial charge is 0.495 e. The van der Waals surface area contributed by atoms with Gasteiger partial charge in [0.1, 0.15) is 5.75 Å². The summed E-state index contributed by atoms with van der Waals surface area (Å²) in [7, 11) is 1.54. The summed E-state index contributed by atoms with van der Waals surface area (Å²) in [5, 5.41) is 3.30. The van der Waals surface area contributed by atoms with Crippen LogP contribution in [-0.4, -0.2) is 49.6 Å². The molecule has 138 valence electrons. The molecule has 1 aromatic carbocycles. The molecule has 2 atom stereocenters. The molecule has 1 aliphatic heterocycles. The van der Waals surface area contributed by atoms with Gasteiger partial charge in [-0.25, -0.2) is 0 Å². The van der Waals surface area contributed by atoms with Crippen LogP contribution in [0.5, 0.6) is 5.75 Å². The van der Waals surface area contributed by atoms with Gasteiger partial charge in [0.25, 0.3) is 0 Å². The number of likely N-dealkylation sites (tertiary alicyclic amines) is 1. The van der Waals surface area contributed by atoms with Crippen LogP contribution >= 0.6 is 11.6 Å². The monoisotopic (exact) mass is 368 g/mol. The van der Waals surface area contributed by atoms with Gasteiger partial charge in [-0.05, 0) is 51.4 Å². The number of esters is 1. The fourth-order valence-corrected chi connectivity index (χ4v) is 3.23. The second kappa shape index (κ2) is 9.06. The van der Waals surface area contributed by atoms with Crippen LogP contribution in [0.4, 0.5) is 5.69 Å². The average molecular weight is 369 g/mol. The van der Waals surface area contributed by atoms with Crippen molar-refractivity contribution in [3.05, 3.63) is 23.2 Å². The van der Waals surface area contributed by atoms with E-state index in [0.717, 1.165) is 19.4 Å². The van der Waals surface area contributed by atoms with Crippen LogP contribution in [0.25, 0.3) is 0 Å². The summed E-state index contributed by atoms with van der Waals surface area (Å²) in [5.74, 6) is 0.0768. The Labute approximate surface area is 153 Å². The molecule has 2 rings (SSSR count). The van der Waals surface area contributed by atoms with Crippen LogP contribution in [0.2, 0.25) is 5.02 Å². The minimum Gasteiger partial charge on any atom is -0.495 e. The lowest BCUT2D eigenvalue weighted by molar-refractivity contribution is -0.150. The van der Waals surface area contributed by atoms with Gasteiger partial charge in [-0.15, -0.1) is 0 Å². The van der Waals surface area contributed by atoms with Crippen LogP contribution in [0.15, 0.2) is 18.2 Å². The van der Waals surface area contributed by atoms with Gasteiger partial charge >= 0.3 is 5.97 Å². The Morgan fingerprint density at radius 2 is 2.20 bits per heavy atom. The molecule has 7 heteroatoms. The minimum atomic E-state index is -0.349. The Bertz CT molecular complexity index is 623. The lowest BCUT2D eigenvalue weighted by Crippen LogP contribution is -2.48. The summed E-state index contributed by atoms with van der Waals surface area (Å²) >= 11 is 6.09. The molecule has 1 N–H and O–H groups in total. The molecular weight excluding hydrogens is 344 g/mol. The van der Waals surface area contributed by atoms with Gasteiger partial charge in [0.05, 0.1) is 30.7 Å². The summed E-state index contributed by atoms with van der Waals surface area (Å²) in [6, 6.07) is 4.76. The Morgan fingerprint density at radius 3 is 2.84 bits per heavy atom. The zero-order valence-corrected chi connectivity index (χ0v) is 15.6. The first-order valence-corrected chi connectivity index (χ1v) is 8.89. The van der Waals surface area contributed by atoms with Gasteiger partial charge in [0, 0.05) is 12.2 Å². The fraction of sp³-hybridized carbons (Fsp3) is 0.556. The van der Waals surface area contributed by atoms with E-state index < -0.39 is 0 Å². The number of amides is 1. The molecule has 6 nitrogen and oxygen atoms in total. The minimum absolute atomic E-state index is 0.134. The van der Waals surface area contributed by atoms with Crippen LogP contribution in [-0.2, 0) is 14.3 Å². The number of piperidine rings is 1. The van der Waals surface area contributed by atoms with Crippen molar-refractivity contribution in [1.29, 1.82) is 0 Å². The molecule has 0 radical (unpaired) electrons. The van der Waals surface area contributed by atoms with Crippen molar-refractivity contribution in [3.8, 4) is 5.75 Å². The Morgan fingerprint density at radius 1 is 1.44 bits per heavy atom. The number of halogens is 1. The van der Waals surface area contributed by atoms with Gasteiger partial charge in [-0.2, -0.15) is 0 Å². The van der Waals surface area contributed by atoms with Crippen molar-refractivity contribution in [3.63, 3.8) is 0 Å². The zero-order valence-electron chi connectivity index (χ0n) is 14.9. The van der Waals surface area contributed by atoms with Crippen LogP contribution < -0.4 is 10.1 Å². The van der Waals surface area contributed by atoms with E-state index in [1.807, 2.05) is 11.8 Å². The van der Waals surface area contributed by atoms with E-state index in [-0.39, 0.29) is 23.8 Å². The Kier molecular flexibility index (Phi) is 7.08. The molecule has 0 aliphatic carbocycles. The molecule has 1 aromatic rings. The number of anilines is 1. The molecule has 0 unspecified atom stereocenters. The van der Waals surface area contributed by atoms with Crippen LogP contribution in [0.1, 0.15) is 26.7 Å². The number of carbonyl (C=O) groups is 2. The third-order valence-electron chi connectivity index (χ3n) is 4.42. The standard InChI is InChI=1S/C18H25ClN2O4/c1-4-25-18(23)13-6-5-9-21(11-13)12(2)17(22)20-14-7-8-16(24-3)15(19)10-14/h7-8,10,12-13H,4-6,9,11H2,1-3H3,(H,20,22)/t12-,13-/m0/s1. The SMILES string of the molecule is CCOC(=O)[C@H]1CCCN([C@@H](C)C(=O)Nc2ccc(OC)c(Cl)c2)C1. The first kappa shape index (κ1) is 19.5. The molecule has 0 spiro atoms. The second-order valence-electron chi connectivity index (χ2n) is 6.10. The van der Waals surface area contributed by atoms with E-state index in [4.69, 9.17) is 21.1 Å². The number of carbonyl (C=O) groups excluding carboxylic acids is 2. The molecule has 1 heterocycles. The van der Waals surface area contributed by atoms with Gasteiger partial charge < -0.3 is 14.8 Å². The van der Waals surface area contributed by atoms with Crippen LogP contribution in [0.3, 0.4) is 0 Å². The van der Waals surface area contributed by atoms with E-state index in [1.165, 1.54) is 7.11 Å². The number of ether oxygens (including phenoxy) is 2. The van der Waals surface area contributed by atoms with Crippen molar-refractivity contribution >= 4 is 29.2 Å². The van der Waals surface area contributed by atoms with Crippen molar-refractivity contribution in [2.75, 3.05) is 32.1 Å². The average Bonchev–Trinajstić information content (AvgIpc) is 2.61. The zero-order chi connectivity index (χ0) is 18.4. The highest BCUT2D eigenvalue weighted by molar-refractivity contribution is 6.32. The van der Waals surface area contributed by atoms with Crippen LogP contribution in [0, 0.1) is 5.92 Å². The highest BCUT2D eigenvalue weighted by Crippen LogP contribution is 2.27. The summed E-state index contributed by atoms with van der Waals surface area (Å²) < 4.78 is 10.2. The van der Waals surface area contributed by atoms with Crippen molar-refractivity contribution in [1.82, 2.24) is 4.90 Å². The van der Waals surface area contributed by atoms with Crippen molar-refractivity contribution < 1.29 is 19.1 Å². The molecular formula is C18H25ClN2O4. The van der Waals surface area contributed by atoms with Gasteiger partial charge in [0.15, 0.2) is 0 Å². The second-order valence-corrected chi connectivity index (χ2v) is 6.51. The molecule has 0 saturated carbocycles. The van der Waals surface area contributed by atoms with E-state index in [0.29, 0.717) is 29.6 Å². The summed E-state index contributed by atoms with van der Waals surface area (Å²) in [6.07, 6.45) is 1.67. The lowest BCUT2D eigenvalue weighted by Gasteiger charge is -2.35. The smallest absolute Gasteiger partial charge is 0.310 e. The third kappa shape index (κ3) is 5.09. The van der Waals surface area contributed by atoms with E-state index in [1.54, 1.807) is 25.1 Å². The number of nitrogens with zero attached hydrogens (tertiary/aromatic N) is 1. The highest BCUT2D eigenvalue weighted by Gasteiger charge is 2.31. The maximum absolute atomic E-state index is 12.5. The molecule has 1 amide bonds.